The summed E-state index contributed by atoms with van der Waals surface area (Å²) in [5, 5.41) is 2.37. The van der Waals surface area contributed by atoms with Crippen molar-refractivity contribution in [2.75, 3.05) is 18.5 Å². The Kier molecular flexibility index (Phi) is 5.00. The van der Waals surface area contributed by atoms with Crippen LogP contribution in [0, 0.1) is 53.3 Å². The maximum Gasteiger partial charge on any atom is 0.108 e. The van der Waals surface area contributed by atoms with Gasteiger partial charge in [0.2, 0.25) is 0 Å². The summed E-state index contributed by atoms with van der Waals surface area (Å²) in [5.74, 6) is 9.92. The minimum absolute atomic E-state index is 0.0592. The summed E-state index contributed by atoms with van der Waals surface area (Å²) >= 11 is 0. The molecule has 0 aromatic carbocycles. The highest BCUT2D eigenvalue weighted by Gasteiger charge is 2.75. The summed E-state index contributed by atoms with van der Waals surface area (Å²) in [7, 11) is -1.08. The highest BCUT2D eigenvalue weighted by Crippen LogP contribution is 2.90. The molecule has 3 saturated heterocycles. The van der Waals surface area contributed by atoms with E-state index >= 15 is 0 Å². The Bertz CT molecular complexity index is 978. The van der Waals surface area contributed by atoms with Gasteiger partial charge in [-0.05, 0) is 180 Å². The van der Waals surface area contributed by atoms with Gasteiger partial charge in [-0.2, -0.15) is 0 Å². The Balaban J connectivity index is 1.17. The van der Waals surface area contributed by atoms with Gasteiger partial charge < -0.3 is 0 Å². The Morgan fingerprint density at radius 3 is 1.21 bits per heavy atom. The van der Waals surface area contributed by atoms with Gasteiger partial charge in [0.25, 0.3) is 0 Å². The highest BCUT2D eigenvalue weighted by molar-refractivity contribution is 7.79. The molecule has 2 atom stereocenters. The Morgan fingerprint density at radius 1 is 0.487 bits per heavy atom. The van der Waals surface area contributed by atoms with Crippen molar-refractivity contribution in [2.24, 2.45) is 53.3 Å². The molecule has 3 heterocycles. The van der Waals surface area contributed by atoms with Crippen LogP contribution < -0.4 is 0 Å². The van der Waals surface area contributed by atoms with Crippen molar-refractivity contribution < 1.29 is 0 Å². The first-order chi connectivity index (χ1) is 18.8. The van der Waals surface area contributed by atoms with Crippen molar-refractivity contribution in [2.45, 2.75) is 131 Å². The van der Waals surface area contributed by atoms with Gasteiger partial charge in [-0.25, -0.2) is 0 Å². The normalized spacial score (nSPS) is 63.8. The fourth-order valence-electron chi connectivity index (χ4n) is 16.4. The summed E-state index contributed by atoms with van der Waals surface area (Å²) < 4.78 is 0. The molecule has 212 valence electrons. The van der Waals surface area contributed by atoms with E-state index in [0.717, 1.165) is 63.6 Å². The zero-order chi connectivity index (χ0) is 25.8. The first-order valence-electron chi connectivity index (χ1n) is 17.8. The van der Waals surface area contributed by atoms with Crippen LogP contribution >= 0.6 is 15.2 Å². The first-order valence-corrected chi connectivity index (χ1v) is 21.5. The molecule has 13 aliphatic rings. The van der Waals surface area contributed by atoms with Crippen molar-refractivity contribution in [3.8, 4) is 0 Å². The number of allylic oxidation sites excluding steroid dienone is 4. The summed E-state index contributed by atoms with van der Waals surface area (Å²) in [4.78, 5) is 0. The van der Waals surface area contributed by atoms with E-state index in [4.69, 9.17) is 0 Å². The molecule has 0 aromatic rings. The standard InChI is InChI=1S/C37H55P2/c1-34(5-3-4-6-35(34,2)39-22-31-13-32(23-39)15-33(14-31)24-39)38(36-16-25-7-26(17-36)9-27(8-25)18-36)37-19-28-10-29(20-37)12-30(11-28)21-37/h3-6,25-33H,7-24H2,1-2H3/q+1. The monoisotopic (exact) mass is 561 g/mol. The lowest BCUT2D eigenvalue weighted by molar-refractivity contribution is 0.0170. The molecule has 12 fully saturated rings. The zero-order valence-electron chi connectivity index (χ0n) is 25.1. The van der Waals surface area contributed by atoms with Crippen LogP contribution in [0.1, 0.15) is 110 Å². The second-order valence-electron chi connectivity index (χ2n) is 18.6. The van der Waals surface area contributed by atoms with Crippen molar-refractivity contribution in [3.63, 3.8) is 0 Å². The van der Waals surface area contributed by atoms with Gasteiger partial charge in [-0.3, -0.25) is 0 Å². The average molecular weight is 562 g/mol. The molecule has 3 aliphatic heterocycles. The molecule has 0 aromatic heterocycles. The summed E-state index contributed by atoms with van der Waals surface area (Å²) in [6, 6.07) is 0. The SMILES string of the molecule is CC1(P(C23CC4CC(CC(C4)C2)C3)C23CC4CC(CC(C4)C2)C3)C=CC=CC1(C)[P+]12CC3CC(CC(C3)C1)C2. The van der Waals surface area contributed by atoms with Gasteiger partial charge in [-0.1, -0.05) is 26.1 Å². The lowest BCUT2D eigenvalue weighted by atomic mass is 9.55. The van der Waals surface area contributed by atoms with E-state index in [1.165, 1.54) is 0 Å². The van der Waals surface area contributed by atoms with E-state index in [2.05, 4.69) is 38.2 Å². The largest absolute Gasteiger partial charge is 0.108 e. The molecule has 12 bridgehead atoms. The number of rotatable bonds is 4. The van der Waals surface area contributed by atoms with Crippen LogP contribution in [0.2, 0.25) is 0 Å². The highest BCUT2D eigenvalue weighted by atomic mass is 31.2. The van der Waals surface area contributed by atoms with Crippen LogP contribution in [0.4, 0.5) is 0 Å². The molecule has 0 N–H and O–H groups in total. The predicted molar refractivity (Wildman–Crippen MR) is 170 cm³/mol. The van der Waals surface area contributed by atoms with Gasteiger partial charge in [0.15, 0.2) is 0 Å². The fraction of sp³-hybridized carbons (Fsp3) is 0.892. The maximum absolute atomic E-state index is 2.98. The van der Waals surface area contributed by atoms with Crippen molar-refractivity contribution in [3.05, 3.63) is 24.3 Å². The van der Waals surface area contributed by atoms with Crippen LogP contribution in [0.15, 0.2) is 24.3 Å². The van der Waals surface area contributed by atoms with Gasteiger partial charge in [-0.15, -0.1) is 0 Å². The molecule has 13 rings (SSSR count). The Labute approximate surface area is 241 Å². The van der Waals surface area contributed by atoms with Gasteiger partial charge in [0.05, 0.1) is 18.5 Å². The van der Waals surface area contributed by atoms with E-state index in [-0.39, 0.29) is 7.92 Å². The van der Waals surface area contributed by atoms with Gasteiger partial charge in [0, 0.05) is 12.4 Å². The number of hydrogen-bond acceptors (Lipinski definition) is 0. The van der Waals surface area contributed by atoms with Crippen molar-refractivity contribution in [1.82, 2.24) is 0 Å². The van der Waals surface area contributed by atoms with Crippen LogP contribution in [-0.4, -0.2) is 39.1 Å². The molecule has 2 unspecified atom stereocenters. The molecular formula is C37H55P2+. The zero-order valence-corrected chi connectivity index (χ0v) is 26.9. The van der Waals surface area contributed by atoms with Crippen LogP contribution in [0.5, 0.6) is 0 Å². The van der Waals surface area contributed by atoms with Crippen LogP contribution in [0.25, 0.3) is 0 Å². The quantitative estimate of drug-likeness (QED) is 0.300. The van der Waals surface area contributed by atoms with Crippen molar-refractivity contribution in [1.29, 1.82) is 0 Å². The third-order valence-electron chi connectivity index (χ3n) is 16.2. The molecule has 0 radical (unpaired) electrons. The predicted octanol–water partition coefficient (Wildman–Crippen LogP) is 10.1. The topological polar surface area (TPSA) is 0 Å². The summed E-state index contributed by atoms with van der Waals surface area (Å²) in [5.41, 5.74) is 0. The molecule has 0 amide bonds. The van der Waals surface area contributed by atoms with Gasteiger partial charge in [0.1, 0.15) is 5.16 Å². The molecule has 9 saturated carbocycles. The van der Waals surface area contributed by atoms with Crippen LogP contribution in [0.3, 0.4) is 0 Å². The number of hydrogen-bond donors (Lipinski definition) is 0. The third kappa shape index (κ3) is 3.17. The van der Waals surface area contributed by atoms with Gasteiger partial charge >= 0.3 is 0 Å². The van der Waals surface area contributed by atoms with E-state index in [1.54, 1.807) is 115 Å². The summed E-state index contributed by atoms with van der Waals surface area (Å²) in [6.07, 6.45) is 40.7. The Morgan fingerprint density at radius 2 is 0.821 bits per heavy atom. The van der Waals surface area contributed by atoms with E-state index in [1.807, 2.05) is 0 Å². The summed E-state index contributed by atoms with van der Waals surface area (Å²) in [6.45, 7) is 5.93. The minimum atomic E-state index is -1.02. The molecule has 0 spiro atoms. The maximum atomic E-state index is 2.98. The third-order valence-corrected chi connectivity index (χ3v) is 27.2. The fourth-order valence-corrected chi connectivity index (χ4v) is 30.6. The minimum Gasteiger partial charge on any atom is -0.0791 e. The molecular weight excluding hydrogens is 506 g/mol. The second-order valence-corrected chi connectivity index (χ2v) is 26.4. The lowest BCUT2D eigenvalue weighted by Crippen LogP contribution is -2.64. The molecule has 39 heavy (non-hydrogen) atoms. The van der Waals surface area contributed by atoms with Crippen molar-refractivity contribution >= 4 is 15.2 Å². The second kappa shape index (κ2) is 7.88. The van der Waals surface area contributed by atoms with E-state index in [9.17, 15) is 0 Å². The first kappa shape index (κ1) is 24.7. The van der Waals surface area contributed by atoms with Crippen LogP contribution in [-0.2, 0) is 0 Å². The average Bonchev–Trinajstić information content (AvgIpc) is 2.83. The lowest BCUT2D eigenvalue weighted by Gasteiger charge is -2.73. The van der Waals surface area contributed by atoms with E-state index < -0.39 is 7.26 Å². The molecule has 2 heteroatoms. The molecule has 0 nitrogen and oxygen atoms in total. The molecule has 10 aliphatic carbocycles. The van der Waals surface area contributed by atoms with E-state index in [0.29, 0.717) is 10.3 Å². The Hall–Kier alpha value is 0.340. The smallest absolute Gasteiger partial charge is 0.0791 e.